The summed E-state index contributed by atoms with van der Waals surface area (Å²) in [5.41, 5.74) is -0.185. The average Bonchev–Trinajstić information content (AvgIpc) is 2.87. The van der Waals surface area contributed by atoms with Crippen molar-refractivity contribution in [3.63, 3.8) is 0 Å². The molecule has 17 heavy (non-hydrogen) atoms. The largest absolute Gasteiger partial charge is 0.460 e. The van der Waals surface area contributed by atoms with E-state index in [0.29, 0.717) is 19.3 Å². The minimum absolute atomic E-state index is 0.129. The number of benzene rings is 1. The van der Waals surface area contributed by atoms with Gasteiger partial charge in [-0.15, -0.1) is 0 Å². The van der Waals surface area contributed by atoms with E-state index in [1.807, 2.05) is 30.3 Å². The van der Waals surface area contributed by atoms with Crippen LogP contribution in [0.1, 0.15) is 12.0 Å². The maximum atomic E-state index is 11.8. The van der Waals surface area contributed by atoms with Crippen LogP contribution in [0.2, 0.25) is 0 Å². The van der Waals surface area contributed by atoms with Crippen LogP contribution in [-0.4, -0.2) is 25.5 Å². The Morgan fingerprint density at radius 3 is 2.76 bits per heavy atom. The van der Waals surface area contributed by atoms with Crippen LogP contribution < -0.4 is 0 Å². The predicted molar refractivity (Wildman–Crippen MR) is 60.2 cm³/mol. The van der Waals surface area contributed by atoms with Gasteiger partial charge < -0.3 is 14.3 Å². The predicted octanol–water partition coefficient (Wildman–Crippen LogP) is 1.34. The van der Waals surface area contributed by atoms with Crippen LogP contribution in [0.15, 0.2) is 30.3 Å². The Balaban J connectivity index is 1.95. The number of ether oxygens (including phenoxy) is 2. The maximum absolute atomic E-state index is 11.8. The average molecular weight is 234 g/mol. The van der Waals surface area contributed by atoms with Gasteiger partial charge in [-0.1, -0.05) is 30.3 Å². The lowest BCUT2D eigenvalue weighted by Gasteiger charge is -2.17. The third-order valence-corrected chi connectivity index (χ3v) is 2.90. The molecule has 1 aliphatic rings. The minimum Gasteiger partial charge on any atom is -0.460 e. The second-order valence-corrected chi connectivity index (χ2v) is 4.14. The van der Waals surface area contributed by atoms with Crippen molar-refractivity contribution in [2.24, 2.45) is 5.41 Å². The Morgan fingerprint density at radius 2 is 2.18 bits per heavy atom. The van der Waals surface area contributed by atoms with Crippen molar-refractivity contribution in [1.29, 1.82) is 0 Å². The Kier molecular flexibility index (Phi) is 3.54. The molecule has 4 heteroatoms. The Bertz CT molecular complexity index is 393. The lowest BCUT2D eigenvalue weighted by Crippen LogP contribution is -2.34. The zero-order valence-corrected chi connectivity index (χ0v) is 9.43. The molecule has 1 fully saturated rings. The third-order valence-electron chi connectivity index (χ3n) is 2.90. The molecule has 2 rings (SSSR count). The van der Waals surface area contributed by atoms with Crippen molar-refractivity contribution in [1.82, 2.24) is 0 Å². The lowest BCUT2D eigenvalue weighted by molar-refractivity contribution is -0.158. The Hall–Kier alpha value is -1.68. The number of carbonyl (C=O) groups is 2. The molecule has 0 radical (unpaired) electrons. The fourth-order valence-electron chi connectivity index (χ4n) is 1.75. The second-order valence-electron chi connectivity index (χ2n) is 4.14. The van der Waals surface area contributed by atoms with Gasteiger partial charge in [-0.25, -0.2) is 0 Å². The summed E-state index contributed by atoms with van der Waals surface area (Å²) in [4.78, 5) is 22.8. The molecule has 1 heterocycles. The van der Waals surface area contributed by atoms with E-state index in [1.165, 1.54) is 0 Å². The summed E-state index contributed by atoms with van der Waals surface area (Å²) in [5, 5.41) is 0. The highest BCUT2D eigenvalue weighted by Gasteiger charge is 2.43. The fraction of sp³-hybridized carbons (Fsp3) is 0.385. The van der Waals surface area contributed by atoms with E-state index in [9.17, 15) is 9.59 Å². The number of hydrogen-bond acceptors (Lipinski definition) is 4. The minimum atomic E-state index is -1.09. The van der Waals surface area contributed by atoms with Crippen molar-refractivity contribution in [3.05, 3.63) is 35.9 Å². The number of hydrogen-bond donors (Lipinski definition) is 0. The first kappa shape index (κ1) is 11.8. The van der Waals surface area contributed by atoms with Crippen LogP contribution in [0.5, 0.6) is 0 Å². The zero-order valence-electron chi connectivity index (χ0n) is 9.43. The van der Waals surface area contributed by atoms with Crippen molar-refractivity contribution < 1.29 is 19.1 Å². The van der Waals surface area contributed by atoms with Crippen LogP contribution in [0.4, 0.5) is 0 Å². The highest BCUT2D eigenvalue weighted by Crippen LogP contribution is 2.28. The van der Waals surface area contributed by atoms with Gasteiger partial charge in [0, 0.05) is 6.61 Å². The molecule has 0 spiro atoms. The molecular formula is C13H14O4. The Morgan fingerprint density at radius 1 is 1.41 bits per heavy atom. The van der Waals surface area contributed by atoms with Crippen LogP contribution in [-0.2, 0) is 25.7 Å². The summed E-state index contributed by atoms with van der Waals surface area (Å²) >= 11 is 0. The van der Waals surface area contributed by atoms with E-state index in [4.69, 9.17) is 9.47 Å². The first-order valence-corrected chi connectivity index (χ1v) is 5.52. The molecule has 1 atom stereocenters. The van der Waals surface area contributed by atoms with E-state index in [2.05, 4.69) is 0 Å². The van der Waals surface area contributed by atoms with Gasteiger partial charge in [0.2, 0.25) is 0 Å². The van der Waals surface area contributed by atoms with Crippen LogP contribution in [0, 0.1) is 5.41 Å². The molecule has 1 unspecified atom stereocenters. The normalized spacial score (nSPS) is 23.3. The topological polar surface area (TPSA) is 52.6 Å². The van der Waals surface area contributed by atoms with Crippen LogP contribution >= 0.6 is 0 Å². The van der Waals surface area contributed by atoms with Crippen molar-refractivity contribution in [3.8, 4) is 0 Å². The van der Waals surface area contributed by atoms with Crippen molar-refractivity contribution in [2.75, 3.05) is 13.2 Å². The van der Waals surface area contributed by atoms with E-state index in [-0.39, 0.29) is 13.2 Å². The summed E-state index contributed by atoms with van der Waals surface area (Å²) in [7, 11) is 0. The third kappa shape index (κ3) is 2.53. The SMILES string of the molecule is O=CC1(C(=O)OCc2ccccc2)CCOC1. The molecule has 0 aromatic heterocycles. The highest BCUT2D eigenvalue weighted by molar-refractivity contribution is 5.93. The fourth-order valence-corrected chi connectivity index (χ4v) is 1.75. The smallest absolute Gasteiger partial charge is 0.322 e. The summed E-state index contributed by atoms with van der Waals surface area (Å²) in [6.45, 7) is 0.749. The van der Waals surface area contributed by atoms with Crippen molar-refractivity contribution >= 4 is 12.3 Å². The van der Waals surface area contributed by atoms with Crippen LogP contribution in [0.3, 0.4) is 0 Å². The number of aldehydes is 1. The maximum Gasteiger partial charge on any atom is 0.322 e. The van der Waals surface area contributed by atoms with E-state index in [1.54, 1.807) is 0 Å². The van der Waals surface area contributed by atoms with Crippen LogP contribution in [0.25, 0.3) is 0 Å². The van der Waals surface area contributed by atoms with Gasteiger partial charge in [0.15, 0.2) is 0 Å². The van der Waals surface area contributed by atoms with Gasteiger partial charge in [-0.05, 0) is 12.0 Å². The quantitative estimate of drug-likeness (QED) is 0.448. The first-order chi connectivity index (χ1) is 8.27. The molecule has 90 valence electrons. The highest BCUT2D eigenvalue weighted by atomic mass is 16.5. The molecule has 4 nitrogen and oxygen atoms in total. The summed E-state index contributed by atoms with van der Waals surface area (Å²) in [6.07, 6.45) is 1.05. The van der Waals surface area contributed by atoms with Gasteiger partial charge in [-0.3, -0.25) is 4.79 Å². The van der Waals surface area contributed by atoms with Gasteiger partial charge in [0.05, 0.1) is 6.61 Å². The second kappa shape index (κ2) is 5.10. The molecule has 0 N–H and O–H groups in total. The molecule has 1 saturated heterocycles. The molecule has 1 aromatic carbocycles. The lowest BCUT2D eigenvalue weighted by atomic mass is 9.89. The summed E-state index contributed by atoms with van der Waals surface area (Å²) in [6, 6.07) is 9.37. The zero-order chi connectivity index (χ0) is 12.1. The Labute approximate surface area is 99.5 Å². The summed E-state index contributed by atoms with van der Waals surface area (Å²) in [5.74, 6) is -0.492. The monoisotopic (exact) mass is 234 g/mol. The molecule has 1 aromatic rings. The molecule has 0 aliphatic carbocycles. The van der Waals surface area contributed by atoms with Crippen molar-refractivity contribution in [2.45, 2.75) is 13.0 Å². The van der Waals surface area contributed by atoms with E-state index in [0.717, 1.165) is 5.56 Å². The van der Waals surface area contributed by atoms with Gasteiger partial charge in [0.25, 0.3) is 0 Å². The molecule has 0 saturated carbocycles. The van der Waals surface area contributed by atoms with E-state index < -0.39 is 11.4 Å². The van der Waals surface area contributed by atoms with E-state index >= 15 is 0 Å². The standard InChI is InChI=1S/C13H14O4/c14-9-13(6-7-16-10-13)12(15)17-8-11-4-2-1-3-5-11/h1-5,9H,6-8,10H2. The van der Waals surface area contributed by atoms with Gasteiger partial charge in [0.1, 0.15) is 18.3 Å². The summed E-state index contributed by atoms with van der Waals surface area (Å²) < 4.78 is 10.2. The molecule has 0 bridgehead atoms. The number of esters is 1. The number of rotatable bonds is 4. The molecule has 1 aliphatic heterocycles. The van der Waals surface area contributed by atoms with Gasteiger partial charge >= 0.3 is 5.97 Å². The number of carbonyl (C=O) groups excluding carboxylic acids is 2. The first-order valence-electron chi connectivity index (χ1n) is 5.52. The molecular weight excluding hydrogens is 220 g/mol. The molecule has 0 amide bonds. The van der Waals surface area contributed by atoms with Gasteiger partial charge in [-0.2, -0.15) is 0 Å².